The molecule has 1 N–H and O–H groups in total. The summed E-state index contributed by atoms with van der Waals surface area (Å²) in [4.78, 5) is 2.45. The fraction of sp³-hybridized carbons (Fsp3) is 0.200. The van der Waals surface area contributed by atoms with E-state index in [1.807, 2.05) is 25.2 Å². The van der Waals surface area contributed by atoms with Gasteiger partial charge >= 0.3 is 0 Å². The van der Waals surface area contributed by atoms with Crippen LogP contribution in [0, 0.1) is 6.92 Å². The molecule has 0 saturated heterocycles. The Morgan fingerprint density at radius 1 is 1.17 bits per heavy atom. The van der Waals surface area contributed by atoms with Crippen LogP contribution in [0.3, 0.4) is 0 Å². The summed E-state index contributed by atoms with van der Waals surface area (Å²) < 4.78 is 0. The lowest BCUT2D eigenvalue weighted by molar-refractivity contribution is 0.802. The number of halogens is 1. The Hall–Kier alpha value is -0.960. The number of rotatable bonds is 4. The minimum absolute atomic E-state index is 0.780. The van der Waals surface area contributed by atoms with Crippen LogP contribution < -0.4 is 5.32 Å². The molecule has 0 spiro atoms. The highest BCUT2D eigenvalue weighted by Crippen LogP contribution is 2.32. The van der Waals surface area contributed by atoms with Crippen LogP contribution in [-0.4, -0.2) is 7.05 Å². The lowest BCUT2D eigenvalue weighted by atomic mass is 10.1. The van der Waals surface area contributed by atoms with E-state index in [-0.39, 0.29) is 0 Å². The lowest BCUT2D eigenvalue weighted by Crippen LogP contribution is -2.06. The van der Waals surface area contributed by atoms with E-state index in [0.717, 1.165) is 11.6 Å². The molecule has 0 amide bonds. The van der Waals surface area contributed by atoms with E-state index in [0.29, 0.717) is 0 Å². The van der Waals surface area contributed by atoms with Crippen molar-refractivity contribution < 1.29 is 0 Å². The maximum atomic E-state index is 6.01. The van der Waals surface area contributed by atoms with Gasteiger partial charge in [-0.15, -0.1) is 0 Å². The molecule has 2 aromatic rings. The minimum atomic E-state index is 0.780. The second kappa shape index (κ2) is 6.28. The van der Waals surface area contributed by atoms with Gasteiger partial charge in [0.2, 0.25) is 0 Å². The van der Waals surface area contributed by atoms with E-state index in [1.54, 1.807) is 11.8 Å². The molecule has 0 radical (unpaired) electrons. The molecule has 2 aromatic carbocycles. The number of hydrogen-bond donors (Lipinski definition) is 1. The third-order valence-corrected chi connectivity index (χ3v) is 3.95. The van der Waals surface area contributed by atoms with Crippen LogP contribution in [0.5, 0.6) is 0 Å². The molecule has 0 saturated carbocycles. The SMILES string of the molecule is CNCc1cc(C)ccc1Sc1cccc(Cl)c1. The Labute approximate surface area is 118 Å². The Morgan fingerprint density at radius 2 is 2.00 bits per heavy atom. The molecule has 0 aromatic heterocycles. The van der Waals surface area contributed by atoms with Gasteiger partial charge < -0.3 is 5.32 Å². The fourth-order valence-electron chi connectivity index (χ4n) is 1.79. The van der Waals surface area contributed by atoms with E-state index in [9.17, 15) is 0 Å². The van der Waals surface area contributed by atoms with Crippen LogP contribution in [0.15, 0.2) is 52.3 Å². The summed E-state index contributed by atoms with van der Waals surface area (Å²) in [6, 6.07) is 14.5. The van der Waals surface area contributed by atoms with E-state index in [1.165, 1.54) is 20.9 Å². The molecule has 0 bridgehead atoms. The van der Waals surface area contributed by atoms with E-state index in [2.05, 4.69) is 36.5 Å². The van der Waals surface area contributed by atoms with Gasteiger partial charge in [-0.2, -0.15) is 0 Å². The highest BCUT2D eigenvalue weighted by Gasteiger charge is 2.04. The normalized spacial score (nSPS) is 10.6. The second-order valence-corrected chi connectivity index (χ2v) is 5.75. The Morgan fingerprint density at radius 3 is 2.72 bits per heavy atom. The Kier molecular flexibility index (Phi) is 4.70. The van der Waals surface area contributed by atoms with Gasteiger partial charge in [0.15, 0.2) is 0 Å². The Balaban J connectivity index is 2.28. The monoisotopic (exact) mass is 277 g/mol. The molecule has 0 aliphatic carbocycles. The molecular formula is C15H16ClNS. The van der Waals surface area contributed by atoms with Crippen molar-refractivity contribution in [3.63, 3.8) is 0 Å². The first kappa shape index (κ1) is 13.5. The molecule has 0 atom stereocenters. The van der Waals surface area contributed by atoms with Gasteiger partial charge in [-0.05, 0) is 43.8 Å². The molecular weight excluding hydrogens is 262 g/mol. The maximum Gasteiger partial charge on any atom is 0.0417 e. The molecule has 18 heavy (non-hydrogen) atoms. The first-order valence-corrected chi connectivity index (χ1v) is 7.06. The zero-order valence-electron chi connectivity index (χ0n) is 10.5. The van der Waals surface area contributed by atoms with Gasteiger partial charge in [0, 0.05) is 21.4 Å². The molecule has 3 heteroatoms. The van der Waals surface area contributed by atoms with Gasteiger partial charge in [-0.3, -0.25) is 0 Å². The van der Waals surface area contributed by atoms with Crippen LogP contribution >= 0.6 is 23.4 Å². The van der Waals surface area contributed by atoms with Gasteiger partial charge in [0.05, 0.1) is 0 Å². The minimum Gasteiger partial charge on any atom is -0.316 e. The summed E-state index contributed by atoms with van der Waals surface area (Å²) in [5.74, 6) is 0. The van der Waals surface area contributed by atoms with Crippen LogP contribution in [0.1, 0.15) is 11.1 Å². The molecule has 0 aliphatic heterocycles. The number of aryl methyl sites for hydroxylation is 1. The summed E-state index contributed by atoms with van der Waals surface area (Å²) in [6.45, 7) is 3.00. The largest absolute Gasteiger partial charge is 0.316 e. The number of nitrogens with one attached hydrogen (secondary N) is 1. The van der Waals surface area contributed by atoms with Crippen molar-refractivity contribution in [3.8, 4) is 0 Å². The van der Waals surface area contributed by atoms with E-state index >= 15 is 0 Å². The average molecular weight is 278 g/mol. The van der Waals surface area contributed by atoms with Crippen LogP contribution in [0.25, 0.3) is 0 Å². The van der Waals surface area contributed by atoms with E-state index in [4.69, 9.17) is 11.6 Å². The third kappa shape index (κ3) is 3.52. The zero-order valence-corrected chi connectivity index (χ0v) is 12.1. The summed E-state index contributed by atoms with van der Waals surface area (Å²) in [5, 5.41) is 3.99. The predicted octanol–water partition coefficient (Wildman–Crippen LogP) is 4.52. The second-order valence-electron chi connectivity index (χ2n) is 4.20. The number of benzene rings is 2. The van der Waals surface area contributed by atoms with Gasteiger partial charge in [0.1, 0.15) is 0 Å². The molecule has 0 unspecified atom stereocenters. The highest BCUT2D eigenvalue weighted by atomic mass is 35.5. The summed E-state index contributed by atoms with van der Waals surface area (Å²) in [6.07, 6.45) is 0. The van der Waals surface area contributed by atoms with Gasteiger partial charge in [-0.1, -0.05) is 47.1 Å². The average Bonchev–Trinajstić information content (AvgIpc) is 2.33. The topological polar surface area (TPSA) is 12.0 Å². The summed E-state index contributed by atoms with van der Waals surface area (Å²) in [7, 11) is 1.97. The standard InChI is InChI=1S/C15H16ClNS/c1-11-6-7-15(12(8-11)10-17-2)18-14-5-3-4-13(16)9-14/h3-9,17H,10H2,1-2H3. The van der Waals surface area contributed by atoms with Crippen LogP contribution in [0.4, 0.5) is 0 Å². The van der Waals surface area contributed by atoms with Crippen molar-refractivity contribution in [1.82, 2.24) is 5.32 Å². The van der Waals surface area contributed by atoms with Crippen molar-refractivity contribution in [1.29, 1.82) is 0 Å². The van der Waals surface area contributed by atoms with Crippen molar-refractivity contribution in [2.75, 3.05) is 7.05 Å². The van der Waals surface area contributed by atoms with E-state index < -0.39 is 0 Å². The highest BCUT2D eigenvalue weighted by molar-refractivity contribution is 7.99. The zero-order chi connectivity index (χ0) is 13.0. The van der Waals surface area contributed by atoms with Crippen molar-refractivity contribution in [2.24, 2.45) is 0 Å². The molecule has 0 aliphatic rings. The van der Waals surface area contributed by atoms with Crippen molar-refractivity contribution in [3.05, 3.63) is 58.6 Å². The molecule has 0 heterocycles. The van der Waals surface area contributed by atoms with Gasteiger partial charge in [0.25, 0.3) is 0 Å². The fourth-order valence-corrected chi connectivity index (χ4v) is 3.03. The lowest BCUT2D eigenvalue weighted by Gasteiger charge is -2.10. The molecule has 0 fully saturated rings. The van der Waals surface area contributed by atoms with Crippen molar-refractivity contribution >= 4 is 23.4 Å². The number of hydrogen-bond acceptors (Lipinski definition) is 2. The smallest absolute Gasteiger partial charge is 0.0417 e. The van der Waals surface area contributed by atoms with Gasteiger partial charge in [-0.25, -0.2) is 0 Å². The predicted molar refractivity (Wildman–Crippen MR) is 79.5 cm³/mol. The maximum absolute atomic E-state index is 6.01. The van der Waals surface area contributed by atoms with Crippen LogP contribution in [-0.2, 0) is 6.54 Å². The first-order chi connectivity index (χ1) is 8.69. The molecule has 2 rings (SSSR count). The van der Waals surface area contributed by atoms with Crippen LogP contribution in [0.2, 0.25) is 5.02 Å². The molecule has 1 nitrogen and oxygen atoms in total. The van der Waals surface area contributed by atoms with Crippen molar-refractivity contribution in [2.45, 2.75) is 23.3 Å². The Bertz CT molecular complexity index is 540. The first-order valence-electron chi connectivity index (χ1n) is 5.86. The summed E-state index contributed by atoms with van der Waals surface area (Å²) in [5.41, 5.74) is 2.61. The quantitative estimate of drug-likeness (QED) is 0.882. The molecule has 94 valence electrons. The summed E-state index contributed by atoms with van der Waals surface area (Å²) >= 11 is 7.76. The third-order valence-electron chi connectivity index (χ3n) is 2.61.